The molecule has 0 aliphatic rings. The maximum Gasteiger partial charge on any atom is 0.419 e. The van der Waals surface area contributed by atoms with Gasteiger partial charge >= 0.3 is 12.1 Å². The number of rotatable bonds is 9. The quantitative estimate of drug-likeness (QED) is 0.187. The van der Waals surface area contributed by atoms with Crippen LogP contribution in [0.2, 0.25) is 0 Å². The lowest BCUT2D eigenvalue weighted by molar-refractivity contribution is 0.210. The minimum atomic E-state index is -3.17. The average molecular weight is 644 g/mol. The summed E-state index contributed by atoms with van der Waals surface area (Å²) >= 11 is 0. The van der Waals surface area contributed by atoms with Crippen molar-refractivity contribution in [1.29, 1.82) is 0 Å². The van der Waals surface area contributed by atoms with E-state index in [0.717, 1.165) is 16.8 Å². The number of methoxy groups -OCH3 is 1. The molecule has 0 fully saturated rings. The lowest BCUT2D eigenvalue weighted by Crippen LogP contribution is -2.20. The Kier molecular flexibility index (Phi) is 8.88. The Bertz CT molecular complexity index is 2000. The Morgan fingerprint density at radius 1 is 1.00 bits per heavy atom. The third-order valence-corrected chi connectivity index (χ3v) is 8.08. The first-order valence-electron chi connectivity index (χ1n) is 14.4. The van der Waals surface area contributed by atoms with Gasteiger partial charge in [0.25, 0.3) is 0 Å². The molecule has 0 spiro atoms. The molecule has 5 rings (SSSR count). The molecule has 2 N–H and O–H groups in total. The van der Waals surface area contributed by atoms with Gasteiger partial charge in [-0.25, -0.2) is 18.2 Å². The first-order valence-corrected chi connectivity index (χ1v) is 16.5. The number of nitrogens with zero attached hydrogens (tertiary/aromatic N) is 5. The normalized spacial score (nSPS) is 11.7. The minimum absolute atomic E-state index is 0.0577. The van der Waals surface area contributed by atoms with Crippen LogP contribution in [0.3, 0.4) is 0 Å². The lowest BCUT2D eigenvalue weighted by Gasteiger charge is -2.28. The Labute approximate surface area is 268 Å². The summed E-state index contributed by atoms with van der Waals surface area (Å²) in [6.45, 7) is 6.30. The van der Waals surface area contributed by atoms with Crippen LogP contribution in [-0.4, -0.2) is 54.4 Å². The SMILES string of the molecule is COc1ccc(NC(=O)Oc2nc3c(C(C)(C)C)c(N(C)c4ccnc(Nc5cccc(CS(C)(=O)=O)c5)n4)ccc3n2C)cc1. The van der Waals surface area contributed by atoms with Crippen LogP contribution in [0.1, 0.15) is 31.9 Å². The molecule has 0 bridgehead atoms. The van der Waals surface area contributed by atoms with Crippen LogP contribution < -0.4 is 25.0 Å². The molecule has 1 amide bonds. The number of carbonyl (C=O) groups is 1. The van der Waals surface area contributed by atoms with Crippen LogP contribution in [-0.2, 0) is 28.1 Å². The zero-order valence-corrected chi connectivity index (χ0v) is 27.6. The highest BCUT2D eigenvalue weighted by atomic mass is 32.2. The predicted octanol–water partition coefficient (Wildman–Crippen LogP) is 6.34. The van der Waals surface area contributed by atoms with E-state index in [0.29, 0.717) is 40.0 Å². The van der Waals surface area contributed by atoms with Crippen molar-refractivity contribution in [2.24, 2.45) is 7.05 Å². The van der Waals surface area contributed by atoms with E-state index < -0.39 is 15.9 Å². The summed E-state index contributed by atoms with van der Waals surface area (Å²) in [5.74, 6) is 1.60. The van der Waals surface area contributed by atoms with Gasteiger partial charge in [-0.05, 0) is 65.6 Å². The van der Waals surface area contributed by atoms with Gasteiger partial charge in [0.1, 0.15) is 11.6 Å². The van der Waals surface area contributed by atoms with Gasteiger partial charge in [-0.1, -0.05) is 32.9 Å². The molecule has 0 atom stereocenters. The molecule has 0 radical (unpaired) electrons. The third kappa shape index (κ3) is 7.37. The summed E-state index contributed by atoms with van der Waals surface area (Å²) in [7, 11) is 2.12. The fourth-order valence-corrected chi connectivity index (χ4v) is 5.91. The van der Waals surface area contributed by atoms with E-state index in [1.165, 1.54) is 6.26 Å². The number of ether oxygens (including phenoxy) is 2. The van der Waals surface area contributed by atoms with Crippen LogP contribution in [0, 0.1) is 0 Å². The smallest absolute Gasteiger partial charge is 0.419 e. The largest absolute Gasteiger partial charge is 0.497 e. The molecular formula is C33H37N7O5S. The number of nitrogens with one attached hydrogen (secondary N) is 2. The predicted molar refractivity (Wildman–Crippen MR) is 180 cm³/mol. The number of sulfone groups is 1. The average Bonchev–Trinajstić information content (AvgIpc) is 3.29. The standard InChI is InChI=1S/C33H37N7O5S/c1-33(2,3)28-25(39(4)27-17-18-34-30(37-27)35-23-10-8-9-21(19-23)20-46(7,42)43)15-16-26-29(28)38-31(40(26)5)45-32(41)36-22-11-13-24(44-6)14-12-22/h8-19H,20H2,1-7H3,(H,36,41)(H,34,35,37). The summed E-state index contributed by atoms with van der Waals surface area (Å²) in [5, 5.41) is 5.90. The molecule has 12 nitrogen and oxygen atoms in total. The number of imidazole rings is 1. The first kappa shape index (κ1) is 32.2. The fraction of sp³-hybridized carbons (Fsp3) is 0.273. The highest BCUT2D eigenvalue weighted by Crippen LogP contribution is 2.40. The van der Waals surface area contributed by atoms with Crippen molar-refractivity contribution >= 4 is 55.8 Å². The lowest BCUT2D eigenvalue weighted by atomic mass is 9.84. The molecular weight excluding hydrogens is 606 g/mol. The molecule has 13 heteroatoms. The summed E-state index contributed by atoms with van der Waals surface area (Å²) < 4.78 is 36.1. The first-order chi connectivity index (χ1) is 21.7. The van der Waals surface area contributed by atoms with Crippen LogP contribution in [0.5, 0.6) is 11.8 Å². The van der Waals surface area contributed by atoms with Gasteiger partial charge in [-0.3, -0.25) is 9.88 Å². The van der Waals surface area contributed by atoms with Crippen LogP contribution in [0.25, 0.3) is 11.0 Å². The molecule has 0 unspecified atom stereocenters. The van der Waals surface area contributed by atoms with E-state index in [9.17, 15) is 13.2 Å². The minimum Gasteiger partial charge on any atom is -0.497 e. The number of anilines is 5. The Balaban J connectivity index is 1.43. The van der Waals surface area contributed by atoms with Crippen molar-refractivity contribution in [2.75, 3.05) is 35.9 Å². The Morgan fingerprint density at radius 2 is 1.74 bits per heavy atom. The number of benzene rings is 3. The van der Waals surface area contributed by atoms with Crippen molar-refractivity contribution < 1.29 is 22.7 Å². The molecule has 0 saturated heterocycles. The van der Waals surface area contributed by atoms with Gasteiger partial charge in [0, 0.05) is 49.2 Å². The highest BCUT2D eigenvalue weighted by molar-refractivity contribution is 7.89. The fourth-order valence-electron chi connectivity index (χ4n) is 5.13. The Hall–Kier alpha value is -5.17. The van der Waals surface area contributed by atoms with E-state index in [4.69, 9.17) is 19.4 Å². The zero-order chi connectivity index (χ0) is 33.2. The number of carbonyl (C=O) groups excluding carboxylic acids is 1. The molecule has 2 aromatic heterocycles. The highest BCUT2D eigenvalue weighted by Gasteiger charge is 2.28. The molecule has 46 heavy (non-hydrogen) atoms. The molecule has 3 aromatic carbocycles. The molecule has 2 heterocycles. The number of amides is 1. The second-order valence-electron chi connectivity index (χ2n) is 12.0. The molecule has 0 aliphatic carbocycles. The van der Waals surface area contributed by atoms with Crippen molar-refractivity contribution in [3.8, 4) is 11.8 Å². The van der Waals surface area contributed by atoms with E-state index in [-0.39, 0.29) is 17.2 Å². The second-order valence-corrected chi connectivity index (χ2v) is 14.1. The van der Waals surface area contributed by atoms with Gasteiger partial charge in [0.15, 0.2) is 9.84 Å². The number of hydrogen-bond donors (Lipinski definition) is 2. The summed E-state index contributed by atoms with van der Waals surface area (Å²) in [5.41, 5.74) is 4.85. The summed E-state index contributed by atoms with van der Waals surface area (Å²) in [6, 6.07) is 20.0. The molecule has 240 valence electrons. The number of aromatic nitrogens is 4. The van der Waals surface area contributed by atoms with Gasteiger partial charge < -0.3 is 19.7 Å². The van der Waals surface area contributed by atoms with E-state index in [2.05, 4.69) is 36.4 Å². The van der Waals surface area contributed by atoms with Crippen molar-refractivity contribution in [1.82, 2.24) is 19.5 Å². The topological polar surface area (TPSA) is 141 Å². The summed E-state index contributed by atoms with van der Waals surface area (Å²) in [4.78, 5) is 28.6. The number of fused-ring (bicyclic) bond motifs is 1. The monoisotopic (exact) mass is 643 g/mol. The third-order valence-electron chi connectivity index (χ3n) is 7.22. The van der Waals surface area contributed by atoms with E-state index >= 15 is 0 Å². The second kappa shape index (κ2) is 12.7. The number of hydrogen-bond acceptors (Lipinski definition) is 10. The van der Waals surface area contributed by atoms with Gasteiger partial charge in [-0.15, -0.1) is 0 Å². The van der Waals surface area contributed by atoms with Gasteiger partial charge in [-0.2, -0.15) is 9.97 Å². The molecule has 5 aromatic rings. The van der Waals surface area contributed by atoms with Crippen molar-refractivity contribution in [3.05, 3.63) is 84.1 Å². The number of aryl methyl sites for hydroxylation is 1. The zero-order valence-electron chi connectivity index (χ0n) is 26.8. The molecule has 0 saturated carbocycles. The van der Waals surface area contributed by atoms with Crippen LogP contribution >= 0.6 is 0 Å². The maximum atomic E-state index is 12.8. The van der Waals surface area contributed by atoms with Gasteiger partial charge in [0.05, 0.1) is 23.9 Å². The summed E-state index contributed by atoms with van der Waals surface area (Å²) in [6.07, 6.45) is 2.20. The van der Waals surface area contributed by atoms with Crippen LogP contribution in [0.4, 0.5) is 33.6 Å². The van der Waals surface area contributed by atoms with Crippen molar-refractivity contribution in [3.63, 3.8) is 0 Å². The van der Waals surface area contributed by atoms with E-state index in [1.54, 1.807) is 73.5 Å². The molecule has 0 aliphatic heterocycles. The maximum absolute atomic E-state index is 12.8. The van der Waals surface area contributed by atoms with E-state index in [1.807, 2.05) is 30.1 Å². The Morgan fingerprint density at radius 3 is 2.41 bits per heavy atom. The van der Waals surface area contributed by atoms with Crippen molar-refractivity contribution in [2.45, 2.75) is 31.9 Å². The van der Waals surface area contributed by atoms with Crippen LogP contribution in [0.15, 0.2) is 72.9 Å². The van der Waals surface area contributed by atoms with Gasteiger partial charge in [0.2, 0.25) is 5.95 Å².